The molecule has 12 heteroatoms. The van der Waals surface area contributed by atoms with Crippen LogP contribution < -0.4 is 5.32 Å². The topological polar surface area (TPSA) is 101 Å². The molecule has 1 aromatic heterocycles. The maximum Gasteiger partial charge on any atom is 0.424 e. The molecule has 2 aromatic carbocycles. The number of piperidine rings is 1. The Balaban J connectivity index is 1.64. The van der Waals surface area contributed by atoms with Gasteiger partial charge in [0.15, 0.2) is 0 Å². The van der Waals surface area contributed by atoms with E-state index in [9.17, 15) is 32.3 Å². The van der Waals surface area contributed by atoms with Crippen LogP contribution in [0.5, 0.6) is 0 Å². The molecule has 0 saturated carbocycles. The van der Waals surface area contributed by atoms with Gasteiger partial charge in [-0.15, -0.1) is 0 Å². The minimum absolute atomic E-state index is 0.0772. The first kappa shape index (κ1) is 33.7. The number of alkyl carbamates (subject to hydrolysis) is 1. The first-order valence-electron chi connectivity index (χ1n) is 14.5. The Labute approximate surface area is 259 Å². The summed E-state index contributed by atoms with van der Waals surface area (Å²) in [5.74, 6) is -0.540. The minimum atomic E-state index is -5.25. The molecular weight excluding hydrogens is 594 g/mol. The van der Waals surface area contributed by atoms with Crippen LogP contribution in [-0.2, 0) is 27.1 Å². The van der Waals surface area contributed by atoms with Crippen LogP contribution in [0.1, 0.15) is 57.4 Å². The summed E-state index contributed by atoms with van der Waals surface area (Å²) in [7, 11) is 0. The molecule has 0 bridgehead atoms. The van der Waals surface area contributed by atoms with Gasteiger partial charge in [-0.1, -0.05) is 37.3 Å². The van der Waals surface area contributed by atoms with Gasteiger partial charge in [-0.3, -0.25) is 0 Å². The molecule has 0 radical (unpaired) electrons. The lowest BCUT2D eigenvalue weighted by Gasteiger charge is -2.40. The van der Waals surface area contributed by atoms with Crippen molar-refractivity contribution in [2.45, 2.75) is 69.9 Å². The lowest BCUT2D eigenvalue weighted by Crippen LogP contribution is -2.52. The number of nitrogens with one attached hydrogen (secondary N) is 1. The molecule has 2 N–H and O–H groups in total. The van der Waals surface area contributed by atoms with Gasteiger partial charge in [0, 0.05) is 18.7 Å². The quantitative estimate of drug-likeness (QED) is 0.277. The first-order valence-corrected chi connectivity index (χ1v) is 14.5. The summed E-state index contributed by atoms with van der Waals surface area (Å²) in [6.07, 6.45) is -6.14. The Morgan fingerprint density at radius 3 is 2.20 bits per heavy atom. The van der Waals surface area contributed by atoms with Crippen molar-refractivity contribution in [1.29, 1.82) is 0 Å². The zero-order valence-corrected chi connectivity index (χ0v) is 25.6. The Hall–Kier alpha value is -4.19. The summed E-state index contributed by atoms with van der Waals surface area (Å²) in [4.78, 5) is 30.7. The molecule has 4 rings (SSSR count). The summed E-state index contributed by atoms with van der Waals surface area (Å²) >= 11 is 0. The molecule has 1 fully saturated rings. The highest BCUT2D eigenvalue weighted by molar-refractivity contribution is 5.68. The van der Waals surface area contributed by atoms with E-state index in [1.165, 1.54) is 18.2 Å². The van der Waals surface area contributed by atoms with E-state index < -0.39 is 53.0 Å². The predicted molar refractivity (Wildman–Crippen MR) is 159 cm³/mol. The van der Waals surface area contributed by atoms with Crippen LogP contribution in [0.3, 0.4) is 0 Å². The van der Waals surface area contributed by atoms with Crippen molar-refractivity contribution < 1.29 is 41.7 Å². The molecule has 1 unspecified atom stereocenters. The molecule has 0 aliphatic carbocycles. The SMILES string of the molecule is CC(C)(C)OC(=O)NCC(O)(c1cc(C2(C)CCN(C(=O)OCc3ccccc3)CC2)cc(-c2ccc(F)cc2)n1)C(F)(F)F. The lowest BCUT2D eigenvalue weighted by molar-refractivity contribution is -0.265. The molecular formula is C33H37F4N3O5. The molecule has 8 nitrogen and oxygen atoms in total. The van der Waals surface area contributed by atoms with E-state index in [0.29, 0.717) is 24.0 Å². The molecule has 2 amide bonds. The van der Waals surface area contributed by atoms with Gasteiger partial charge in [-0.2, -0.15) is 13.2 Å². The second kappa shape index (κ2) is 13.0. The van der Waals surface area contributed by atoms with Gasteiger partial charge in [-0.05, 0) is 86.6 Å². The molecule has 1 atom stereocenters. The van der Waals surface area contributed by atoms with E-state index in [4.69, 9.17) is 9.47 Å². The van der Waals surface area contributed by atoms with Crippen molar-refractivity contribution in [3.8, 4) is 11.3 Å². The molecule has 45 heavy (non-hydrogen) atoms. The van der Waals surface area contributed by atoms with Crippen molar-refractivity contribution in [3.05, 3.63) is 89.4 Å². The first-order chi connectivity index (χ1) is 21.0. The van der Waals surface area contributed by atoms with E-state index in [0.717, 1.165) is 17.7 Å². The Morgan fingerprint density at radius 1 is 1.00 bits per heavy atom. The highest BCUT2D eigenvalue weighted by atomic mass is 19.4. The Bertz CT molecular complexity index is 1480. The summed E-state index contributed by atoms with van der Waals surface area (Å²) < 4.78 is 68.0. The molecule has 242 valence electrons. The molecule has 0 spiro atoms. The number of carbonyl (C=O) groups is 2. The normalized spacial score (nSPS) is 16.4. The van der Waals surface area contributed by atoms with Gasteiger partial charge < -0.3 is 24.8 Å². The average Bonchev–Trinajstić information content (AvgIpc) is 2.98. The van der Waals surface area contributed by atoms with E-state index >= 15 is 0 Å². The summed E-state index contributed by atoms with van der Waals surface area (Å²) in [6, 6.07) is 17.1. The highest BCUT2D eigenvalue weighted by Gasteiger charge is 2.57. The summed E-state index contributed by atoms with van der Waals surface area (Å²) in [6.45, 7) is 5.91. The number of aliphatic hydroxyl groups is 1. The number of ether oxygens (including phenoxy) is 2. The molecule has 1 saturated heterocycles. The van der Waals surface area contributed by atoms with Crippen LogP contribution in [0.25, 0.3) is 11.3 Å². The van der Waals surface area contributed by atoms with Crippen molar-refractivity contribution >= 4 is 12.2 Å². The number of nitrogens with zero attached hydrogens (tertiary/aromatic N) is 2. The number of carbonyl (C=O) groups excluding carboxylic acids is 2. The zero-order chi connectivity index (χ0) is 33.0. The standard InChI is InChI=1S/C33H37F4N3O5/c1-30(2,3)45-28(41)38-21-32(43,33(35,36)37)27-19-24(18-26(39-27)23-10-12-25(34)13-11-23)31(4)14-16-40(17-15-31)29(42)44-20-22-8-6-5-7-9-22/h5-13,18-19,43H,14-17,20-21H2,1-4H3,(H,38,41). The number of rotatable bonds is 7. The number of aromatic nitrogens is 1. The molecule has 1 aliphatic rings. The third kappa shape index (κ3) is 8.30. The van der Waals surface area contributed by atoms with Crippen LogP contribution in [0.4, 0.5) is 27.2 Å². The van der Waals surface area contributed by atoms with Gasteiger partial charge in [-0.25, -0.2) is 19.0 Å². The van der Waals surface area contributed by atoms with Crippen molar-refractivity contribution in [3.63, 3.8) is 0 Å². The van der Waals surface area contributed by atoms with Gasteiger partial charge in [0.1, 0.15) is 18.0 Å². The van der Waals surface area contributed by atoms with Crippen molar-refractivity contribution in [2.24, 2.45) is 0 Å². The van der Waals surface area contributed by atoms with Crippen LogP contribution in [-0.4, -0.2) is 58.6 Å². The van der Waals surface area contributed by atoms with Crippen LogP contribution in [0, 0.1) is 5.82 Å². The fraction of sp³-hybridized carbons (Fsp3) is 0.424. The Morgan fingerprint density at radius 2 is 1.62 bits per heavy atom. The molecule has 2 heterocycles. The zero-order valence-electron chi connectivity index (χ0n) is 25.6. The number of hydrogen-bond acceptors (Lipinski definition) is 6. The third-order valence-corrected chi connectivity index (χ3v) is 7.77. The molecule has 3 aromatic rings. The Kier molecular flexibility index (Phi) is 9.77. The van der Waals surface area contributed by atoms with E-state index in [1.54, 1.807) is 31.7 Å². The monoisotopic (exact) mass is 631 g/mol. The average molecular weight is 632 g/mol. The largest absolute Gasteiger partial charge is 0.445 e. The fourth-order valence-electron chi connectivity index (χ4n) is 4.99. The smallest absolute Gasteiger partial charge is 0.424 e. The summed E-state index contributed by atoms with van der Waals surface area (Å²) in [5, 5.41) is 13.2. The minimum Gasteiger partial charge on any atom is -0.445 e. The van der Waals surface area contributed by atoms with Gasteiger partial charge >= 0.3 is 18.4 Å². The van der Waals surface area contributed by atoms with Gasteiger partial charge in [0.05, 0.1) is 17.9 Å². The van der Waals surface area contributed by atoms with E-state index in [2.05, 4.69) is 4.98 Å². The number of hydrogen-bond donors (Lipinski definition) is 2. The number of halogens is 4. The predicted octanol–water partition coefficient (Wildman–Crippen LogP) is 6.85. The number of amides is 2. The van der Waals surface area contributed by atoms with Crippen molar-refractivity contribution in [2.75, 3.05) is 19.6 Å². The van der Waals surface area contributed by atoms with Crippen molar-refractivity contribution in [1.82, 2.24) is 15.2 Å². The number of benzene rings is 2. The van der Waals surface area contributed by atoms with Crippen LogP contribution in [0.15, 0.2) is 66.7 Å². The second-order valence-corrected chi connectivity index (χ2v) is 12.4. The molecule has 1 aliphatic heterocycles. The number of pyridine rings is 1. The number of alkyl halides is 3. The lowest BCUT2D eigenvalue weighted by atomic mass is 9.73. The van der Waals surface area contributed by atoms with Crippen LogP contribution >= 0.6 is 0 Å². The highest BCUT2D eigenvalue weighted by Crippen LogP contribution is 2.42. The van der Waals surface area contributed by atoms with Gasteiger partial charge in [0.25, 0.3) is 0 Å². The van der Waals surface area contributed by atoms with E-state index in [1.807, 2.05) is 42.6 Å². The number of likely N-dealkylation sites (tertiary alicyclic amines) is 1. The summed E-state index contributed by atoms with van der Waals surface area (Å²) in [5.41, 5.74) is -4.36. The third-order valence-electron chi connectivity index (χ3n) is 7.77. The fourth-order valence-corrected chi connectivity index (χ4v) is 4.99. The van der Waals surface area contributed by atoms with Crippen LogP contribution in [0.2, 0.25) is 0 Å². The van der Waals surface area contributed by atoms with E-state index in [-0.39, 0.29) is 25.4 Å². The van der Waals surface area contributed by atoms with Gasteiger partial charge in [0.2, 0.25) is 5.60 Å². The maximum absolute atomic E-state index is 14.6. The maximum atomic E-state index is 14.6. The second-order valence-electron chi connectivity index (χ2n) is 12.4.